The summed E-state index contributed by atoms with van der Waals surface area (Å²) in [6.07, 6.45) is -2.21. The minimum absolute atomic E-state index is 0.113. The van der Waals surface area contributed by atoms with Crippen LogP contribution in [-0.4, -0.2) is 36.5 Å². The third kappa shape index (κ3) is 3.05. The molecule has 0 unspecified atom stereocenters. The summed E-state index contributed by atoms with van der Waals surface area (Å²) in [5.41, 5.74) is -0.457. The number of alkyl halides is 3. The van der Waals surface area contributed by atoms with Crippen LogP contribution in [-0.2, 0) is 6.18 Å². The van der Waals surface area contributed by atoms with Crippen LogP contribution in [0.2, 0.25) is 0 Å². The van der Waals surface area contributed by atoms with Gasteiger partial charge in [0.1, 0.15) is 0 Å². The van der Waals surface area contributed by atoms with Crippen molar-refractivity contribution in [2.45, 2.75) is 25.1 Å². The summed E-state index contributed by atoms with van der Waals surface area (Å²) in [5.74, 6) is 0.205. The molecule has 0 spiro atoms. The predicted octanol–water partition coefficient (Wildman–Crippen LogP) is 2.53. The van der Waals surface area contributed by atoms with Crippen molar-refractivity contribution >= 4 is 5.91 Å². The molecule has 0 aliphatic carbocycles. The van der Waals surface area contributed by atoms with Crippen molar-refractivity contribution in [1.82, 2.24) is 10.2 Å². The molecule has 1 amide bonds. The van der Waals surface area contributed by atoms with Crippen molar-refractivity contribution in [3.8, 4) is 0 Å². The van der Waals surface area contributed by atoms with Crippen LogP contribution in [0.4, 0.5) is 13.2 Å². The predicted molar refractivity (Wildman–Crippen MR) is 71.9 cm³/mol. The van der Waals surface area contributed by atoms with E-state index >= 15 is 0 Å². The van der Waals surface area contributed by atoms with Gasteiger partial charge in [-0.05, 0) is 56.1 Å². The first-order valence-corrected chi connectivity index (χ1v) is 7.14. The lowest BCUT2D eigenvalue weighted by atomic mass is 9.84. The van der Waals surface area contributed by atoms with Gasteiger partial charge in [0.25, 0.3) is 5.91 Å². The molecule has 21 heavy (non-hydrogen) atoms. The van der Waals surface area contributed by atoms with Crippen molar-refractivity contribution in [1.29, 1.82) is 0 Å². The van der Waals surface area contributed by atoms with Crippen molar-refractivity contribution in [3.63, 3.8) is 0 Å². The summed E-state index contributed by atoms with van der Waals surface area (Å²) in [6.45, 7) is 3.01. The molecule has 0 saturated carbocycles. The number of nitrogens with one attached hydrogen (secondary N) is 1. The Balaban J connectivity index is 1.65. The van der Waals surface area contributed by atoms with E-state index < -0.39 is 11.7 Å². The number of carbonyl (C=O) groups is 1. The molecule has 3 aliphatic rings. The Kier molecular flexibility index (Phi) is 3.65. The number of carbonyl (C=O) groups excluding carboxylic acids is 1. The second-order valence-corrected chi connectivity index (χ2v) is 5.79. The van der Waals surface area contributed by atoms with E-state index in [9.17, 15) is 18.0 Å². The fourth-order valence-electron chi connectivity index (χ4n) is 3.19. The first-order valence-electron chi connectivity index (χ1n) is 7.14. The smallest absolute Gasteiger partial charge is 0.348 e. The molecule has 3 saturated heterocycles. The van der Waals surface area contributed by atoms with Crippen molar-refractivity contribution in [2.24, 2.45) is 5.92 Å². The highest BCUT2D eigenvalue weighted by Crippen LogP contribution is 2.30. The summed E-state index contributed by atoms with van der Waals surface area (Å²) in [6, 6.07) is 4.48. The maximum atomic E-state index is 12.5. The van der Waals surface area contributed by atoms with Gasteiger partial charge in [-0.2, -0.15) is 13.2 Å². The van der Waals surface area contributed by atoms with E-state index in [4.69, 9.17) is 0 Å². The summed E-state index contributed by atoms with van der Waals surface area (Å²) in [7, 11) is 0. The van der Waals surface area contributed by atoms with E-state index in [1.165, 1.54) is 12.1 Å². The quantitative estimate of drug-likeness (QED) is 0.910. The van der Waals surface area contributed by atoms with Gasteiger partial charge in [-0.1, -0.05) is 0 Å². The molecule has 3 aliphatic heterocycles. The Bertz CT molecular complexity index is 519. The number of hydrogen-bond acceptors (Lipinski definition) is 2. The second kappa shape index (κ2) is 5.33. The molecule has 1 atom stereocenters. The average Bonchev–Trinajstić information content (AvgIpc) is 2.48. The summed E-state index contributed by atoms with van der Waals surface area (Å²) >= 11 is 0. The highest BCUT2D eigenvalue weighted by atomic mass is 19.4. The van der Waals surface area contributed by atoms with Gasteiger partial charge in [0.15, 0.2) is 0 Å². The Morgan fingerprint density at radius 1 is 1.14 bits per heavy atom. The van der Waals surface area contributed by atoms with Crippen LogP contribution >= 0.6 is 0 Å². The molecule has 4 rings (SSSR count). The van der Waals surface area contributed by atoms with Crippen LogP contribution in [0.15, 0.2) is 24.3 Å². The topological polar surface area (TPSA) is 32.3 Å². The molecular weight excluding hydrogens is 281 g/mol. The lowest BCUT2D eigenvalue weighted by molar-refractivity contribution is -0.137. The van der Waals surface area contributed by atoms with Crippen LogP contribution in [0.5, 0.6) is 0 Å². The Morgan fingerprint density at radius 2 is 1.76 bits per heavy atom. The van der Waals surface area contributed by atoms with Gasteiger partial charge in [0, 0.05) is 18.2 Å². The fourth-order valence-corrected chi connectivity index (χ4v) is 3.19. The number of amides is 1. The van der Waals surface area contributed by atoms with E-state index in [0.717, 1.165) is 44.6 Å². The van der Waals surface area contributed by atoms with Gasteiger partial charge >= 0.3 is 6.18 Å². The minimum Gasteiger partial charge on any atom is -0.348 e. The molecular formula is C15H17F3N2O. The number of piperidine rings is 3. The number of fused-ring (bicyclic) bond motifs is 3. The fraction of sp³-hybridized carbons (Fsp3) is 0.533. The maximum absolute atomic E-state index is 12.5. The van der Waals surface area contributed by atoms with Crippen molar-refractivity contribution < 1.29 is 18.0 Å². The second-order valence-electron chi connectivity index (χ2n) is 5.79. The lowest BCUT2D eigenvalue weighted by Gasteiger charge is -2.44. The van der Waals surface area contributed by atoms with Gasteiger partial charge in [-0.25, -0.2) is 0 Å². The Labute approximate surface area is 121 Å². The number of rotatable bonds is 2. The van der Waals surface area contributed by atoms with Gasteiger partial charge in [-0.15, -0.1) is 0 Å². The van der Waals surface area contributed by atoms with Crippen LogP contribution in [0, 0.1) is 5.92 Å². The van der Waals surface area contributed by atoms with Gasteiger partial charge in [0.05, 0.1) is 5.56 Å². The zero-order valence-electron chi connectivity index (χ0n) is 11.5. The number of hydrogen-bond donors (Lipinski definition) is 1. The van der Waals surface area contributed by atoms with Gasteiger partial charge < -0.3 is 10.2 Å². The molecule has 3 nitrogen and oxygen atoms in total. The number of nitrogens with zero attached hydrogens (tertiary/aromatic N) is 1. The number of halogens is 3. The summed E-state index contributed by atoms with van der Waals surface area (Å²) in [4.78, 5) is 14.5. The third-order valence-corrected chi connectivity index (χ3v) is 4.45. The molecule has 1 aromatic carbocycles. The van der Waals surface area contributed by atoms with Crippen LogP contribution < -0.4 is 5.32 Å². The molecule has 3 heterocycles. The van der Waals surface area contributed by atoms with Crippen LogP contribution in [0.3, 0.4) is 0 Å². The van der Waals surface area contributed by atoms with E-state index in [1.807, 2.05) is 0 Å². The molecule has 114 valence electrons. The highest BCUT2D eigenvalue weighted by Gasteiger charge is 2.35. The normalized spacial score (nSPS) is 28.4. The SMILES string of the molecule is O=C(N[C@H]1CN2CCC1CC2)c1ccc(C(F)(F)F)cc1. The largest absolute Gasteiger partial charge is 0.416 e. The zero-order valence-corrected chi connectivity index (χ0v) is 11.5. The monoisotopic (exact) mass is 298 g/mol. The molecule has 1 aromatic rings. The molecule has 0 radical (unpaired) electrons. The molecule has 0 aromatic heterocycles. The number of benzene rings is 1. The summed E-state index contributed by atoms with van der Waals surface area (Å²) in [5, 5.41) is 2.96. The highest BCUT2D eigenvalue weighted by molar-refractivity contribution is 5.94. The maximum Gasteiger partial charge on any atom is 0.416 e. The van der Waals surface area contributed by atoms with Gasteiger partial charge in [0.2, 0.25) is 0 Å². The molecule has 2 bridgehead atoms. The first-order chi connectivity index (χ1) is 9.93. The van der Waals surface area contributed by atoms with E-state index in [0.29, 0.717) is 5.92 Å². The van der Waals surface area contributed by atoms with Crippen molar-refractivity contribution in [2.75, 3.05) is 19.6 Å². The molecule has 1 N–H and O–H groups in total. The lowest BCUT2D eigenvalue weighted by Crippen LogP contribution is -2.57. The Hall–Kier alpha value is -1.56. The van der Waals surface area contributed by atoms with Crippen LogP contribution in [0.25, 0.3) is 0 Å². The van der Waals surface area contributed by atoms with E-state index in [-0.39, 0.29) is 17.5 Å². The van der Waals surface area contributed by atoms with E-state index in [2.05, 4.69) is 10.2 Å². The average molecular weight is 298 g/mol. The summed E-state index contributed by atoms with van der Waals surface area (Å²) < 4.78 is 37.5. The minimum atomic E-state index is -4.37. The first kappa shape index (κ1) is 14.4. The van der Waals surface area contributed by atoms with E-state index in [1.54, 1.807) is 0 Å². The molecule has 3 fully saturated rings. The zero-order chi connectivity index (χ0) is 15.0. The standard InChI is InChI=1S/C15H17F3N2O/c16-15(17,18)12-3-1-11(2-4-12)14(21)19-13-9-20-7-5-10(13)6-8-20/h1-4,10,13H,5-9H2,(H,19,21)/t13-/m0/s1. The van der Waals surface area contributed by atoms with Gasteiger partial charge in [-0.3, -0.25) is 4.79 Å². The van der Waals surface area contributed by atoms with Crippen LogP contribution in [0.1, 0.15) is 28.8 Å². The Morgan fingerprint density at radius 3 is 2.24 bits per heavy atom. The third-order valence-electron chi connectivity index (χ3n) is 4.45. The molecule has 6 heteroatoms. The van der Waals surface area contributed by atoms with Crippen molar-refractivity contribution in [3.05, 3.63) is 35.4 Å².